The fourth-order valence-electron chi connectivity index (χ4n) is 2.45. The van der Waals surface area contributed by atoms with Crippen molar-refractivity contribution in [3.05, 3.63) is 50.8 Å². The third kappa shape index (κ3) is 3.16. The number of benzene rings is 1. The molecule has 0 aliphatic heterocycles. The van der Waals surface area contributed by atoms with Crippen LogP contribution in [0.3, 0.4) is 0 Å². The van der Waals surface area contributed by atoms with Gasteiger partial charge in [-0.1, -0.05) is 0 Å². The first kappa shape index (κ1) is 16.1. The van der Waals surface area contributed by atoms with Crippen molar-refractivity contribution < 1.29 is 13.9 Å². The standard InChI is InChI=1S/C15H17BrF2N2O/c1-8-10(9(2)20(3)19-8)4-7-13(21)14-12(17)6-5-11(16)15(14)18/h5-6,13,21H,4,7H2,1-3H3. The lowest BCUT2D eigenvalue weighted by Gasteiger charge is -2.14. The van der Waals surface area contributed by atoms with Gasteiger partial charge in [-0.15, -0.1) is 0 Å². The number of aliphatic hydroxyl groups excluding tert-OH is 1. The zero-order valence-corrected chi connectivity index (χ0v) is 13.7. The summed E-state index contributed by atoms with van der Waals surface area (Å²) in [4.78, 5) is 0. The summed E-state index contributed by atoms with van der Waals surface area (Å²) in [7, 11) is 1.84. The molecule has 0 aliphatic carbocycles. The third-order valence-corrected chi connectivity index (χ3v) is 4.35. The van der Waals surface area contributed by atoms with Crippen LogP contribution in [0.4, 0.5) is 8.78 Å². The second-order valence-corrected chi connectivity index (χ2v) is 5.94. The number of hydrogen-bond donors (Lipinski definition) is 1. The molecule has 1 atom stereocenters. The van der Waals surface area contributed by atoms with Crippen molar-refractivity contribution in [1.82, 2.24) is 9.78 Å². The lowest BCUT2D eigenvalue weighted by molar-refractivity contribution is 0.158. The highest BCUT2D eigenvalue weighted by atomic mass is 79.9. The quantitative estimate of drug-likeness (QED) is 0.845. The molecule has 114 valence electrons. The molecule has 0 radical (unpaired) electrons. The van der Waals surface area contributed by atoms with Gasteiger partial charge >= 0.3 is 0 Å². The van der Waals surface area contributed by atoms with E-state index in [2.05, 4.69) is 21.0 Å². The molecule has 0 aliphatic rings. The SMILES string of the molecule is Cc1nn(C)c(C)c1CCC(O)c1c(F)ccc(Br)c1F. The molecule has 21 heavy (non-hydrogen) atoms. The molecule has 1 N–H and O–H groups in total. The molecule has 0 saturated heterocycles. The first-order valence-corrected chi connectivity index (χ1v) is 7.42. The number of nitrogens with zero attached hydrogens (tertiary/aromatic N) is 2. The monoisotopic (exact) mass is 358 g/mol. The van der Waals surface area contributed by atoms with Crippen molar-refractivity contribution in [2.75, 3.05) is 0 Å². The Hall–Kier alpha value is -1.27. The Balaban J connectivity index is 2.19. The minimum atomic E-state index is -1.19. The highest BCUT2D eigenvalue weighted by Gasteiger charge is 2.21. The number of aliphatic hydroxyl groups is 1. The van der Waals surface area contributed by atoms with E-state index in [1.165, 1.54) is 6.07 Å². The molecule has 0 bridgehead atoms. The maximum Gasteiger partial charge on any atom is 0.146 e. The number of hydrogen-bond acceptors (Lipinski definition) is 2. The second-order valence-electron chi connectivity index (χ2n) is 5.08. The molecule has 1 unspecified atom stereocenters. The predicted octanol–water partition coefficient (Wildman–Crippen LogP) is 3.74. The molecular formula is C15H17BrF2N2O. The first-order valence-electron chi connectivity index (χ1n) is 6.63. The van der Waals surface area contributed by atoms with E-state index < -0.39 is 17.7 Å². The molecule has 2 aromatic rings. The van der Waals surface area contributed by atoms with E-state index in [0.717, 1.165) is 23.0 Å². The number of halogens is 3. The summed E-state index contributed by atoms with van der Waals surface area (Å²) in [6.45, 7) is 3.82. The van der Waals surface area contributed by atoms with Gasteiger partial charge in [-0.25, -0.2) is 8.78 Å². The zero-order valence-electron chi connectivity index (χ0n) is 12.1. The molecule has 0 fully saturated rings. The van der Waals surface area contributed by atoms with Crippen LogP contribution in [0, 0.1) is 25.5 Å². The Morgan fingerprint density at radius 1 is 1.33 bits per heavy atom. The molecule has 0 saturated carbocycles. The Kier molecular flexibility index (Phi) is 4.78. The first-order chi connectivity index (χ1) is 9.82. The van der Waals surface area contributed by atoms with Gasteiger partial charge in [0.05, 0.1) is 21.8 Å². The fraction of sp³-hybridized carbons (Fsp3) is 0.400. The van der Waals surface area contributed by atoms with E-state index in [0.29, 0.717) is 6.42 Å². The van der Waals surface area contributed by atoms with Gasteiger partial charge in [0.2, 0.25) is 0 Å². The average molecular weight is 359 g/mol. The van der Waals surface area contributed by atoms with Crippen molar-refractivity contribution in [3.63, 3.8) is 0 Å². The molecule has 3 nitrogen and oxygen atoms in total. The Morgan fingerprint density at radius 2 is 2.00 bits per heavy atom. The second kappa shape index (κ2) is 6.23. The fourth-order valence-corrected chi connectivity index (χ4v) is 2.80. The lowest BCUT2D eigenvalue weighted by Crippen LogP contribution is -2.07. The highest BCUT2D eigenvalue weighted by Crippen LogP contribution is 2.29. The number of rotatable bonds is 4. The summed E-state index contributed by atoms with van der Waals surface area (Å²) >= 11 is 3.00. The van der Waals surface area contributed by atoms with E-state index in [1.54, 1.807) is 4.68 Å². The topological polar surface area (TPSA) is 38.0 Å². The zero-order chi connectivity index (χ0) is 15.7. The van der Waals surface area contributed by atoms with Gasteiger partial charge < -0.3 is 5.11 Å². The Labute approximate surface area is 130 Å². The predicted molar refractivity (Wildman–Crippen MR) is 80.0 cm³/mol. The van der Waals surface area contributed by atoms with Gasteiger partial charge in [-0.3, -0.25) is 4.68 Å². The average Bonchev–Trinajstić information content (AvgIpc) is 2.66. The lowest BCUT2D eigenvalue weighted by atomic mass is 9.99. The molecule has 1 heterocycles. The minimum Gasteiger partial charge on any atom is -0.388 e. The van der Waals surface area contributed by atoms with E-state index in [-0.39, 0.29) is 16.5 Å². The molecule has 0 spiro atoms. The van der Waals surface area contributed by atoms with Crippen LogP contribution in [-0.4, -0.2) is 14.9 Å². The smallest absolute Gasteiger partial charge is 0.146 e. The maximum atomic E-state index is 13.9. The van der Waals surface area contributed by atoms with Crippen molar-refractivity contribution in [3.8, 4) is 0 Å². The molecule has 6 heteroatoms. The van der Waals surface area contributed by atoms with E-state index in [9.17, 15) is 13.9 Å². The molecule has 1 aromatic heterocycles. The van der Waals surface area contributed by atoms with Gasteiger partial charge in [-0.2, -0.15) is 5.10 Å². The molecule has 1 aromatic carbocycles. The maximum absolute atomic E-state index is 13.9. The van der Waals surface area contributed by atoms with Crippen molar-refractivity contribution in [1.29, 1.82) is 0 Å². The number of aryl methyl sites for hydroxylation is 2. The van der Waals surface area contributed by atoms with Gasteiger partial charge in [-0.05, 0) is 60.3 Å². The van der Waals surface area contributed by atoms with Crippen LogP contribution in [0.2, 0.25) is 0 Å². The largest absolute Gasteiger partial charge is 0.388 e. The highest BCUT2D eigenvalue weighted by molar-refractivity contribution is 9.10. The summed E-state index contributed by atoms with van der Waals surface area (Å²) in [6.07, 6.45) is -0.447. The van der Waals surface area contributed by atoms with Crippen LogP contribution < -0.4 is 0 Å². The third-order valence-electron chi connectivity index (χ3n) is 3.74. The van der Waals surface area contributed by atoms with Crippen LogP contribution >= 0.6 is 15.9 Å². The summed E-state index contributed by atoms with van der Waals surface area (Å²) in [6, 6.07) is 2.43. The summed E-state index contributed by atoms with van der Waals surface area (Å²) in [5.41, 5.74) is 2.59. The van der Waals surface area contributed by atoms with Gasteiger partial charge in [0.15, 0.2) is 0 Å². The van der Waals surface area contributed by atoms with E-state index in [4.69, 9.17) is 0 Å². The normalized spacial score (nSPS) is 12.7. The molecule has 0 amide bonds. The molecular weight excluding hydrogens is 342 g/mol. The number of aromatic nitrogens is 2. The van der Waals surface area contributed by atoms with Crippen LogP contribution in [0.5, 0.6) is 0 Å². The van der Waals surface area contributed by atoms with Crippen LogP contribution in [0.25, 0.3) is 0 Å². The van der Waals surface area contributed by atoms with Gasteiger partial charge in [0.25, 0.3) is 0 Å². The van der Waals surface area contributed by atoms with Crippen molar-refractivity contribution in [2.24, 2.45) is 7.05 Å². The minimum absolute atomic E-state index is 0.145. The Morgan fingerprint density at radius 3 is 2.57 bits per heavy atom. The Bertz CT molecular complexity index is 670. The van der Waals surface area contributed by atoms with Crippen molar-refractivity contribution in [2.45, 2.75) is 32.8 Å². The summed E-state index contributed by atoms with van der Waals surface area (Å²) in [5.74, 6) is -1.48. The van der Waals surface area contributed by atoms with Crippen LogP contribution in [0.15, 0.2) is 16.6 Å². The summed E-state index contributed by atoms with van der Waals surface area (Å²) in [5, 5.41) is 14.4. The van der Waals surface area contributed by atoms with E-state index in [1.807, 2.05) is 20.9 Å². The van der Waals surface area contributed by atoms with Crippen molar-refractivity contribution >= 4 is 15.9 Å². The molecule has 2 rings (SSSR count). The van der Waals surface area contributed by atoms with Gasteiger partial charge in [0.1, 0.15) is 11.6 Å². The van der Waals surface area contributed by atoms with E-state index >= 15 is 0 Å². The van der Waals surface area contributed by atoms with Crippen LogP contribution in [0.1, 0.15) is 35.0 Å². The summed E-state index contributed by atoms with van der Waals surface area (Å²) < 4.78 is 29.6. The van der Waals surface area contributed by atoms with Gasteiger partial charge in [0, 0.05) is 12.7 Å². The van der Waals surface area contributed by atoms with Crippen LogP contribution in [-0.2, 0) is 13.5 Å².